The summed E-state index contributed by atoms with van der Waals surface area (Å²) in [5, 5.41) is 0.890. The Morgan fingerprint density at radius 1 is 1.15 bits per heavy atom. The lowest BCUT2D eigenvalue weighted by atomic mass is 10.2. The second kappa shape index (κ2) is 7.45. The Hall–Kier alpha value is -2.41. The SMILES string of the molecule is Cc1ccc(N2C(=O)C[C@@H](NNC(=O)c3cccc(Cl)c3)C2=O)cc1Cl. The quantitative estimate of drug-likeness (QED) is 0.620. The topological polar surface area (TPSA) is 78.5 Å². The monoisotopic (exact) mass is 391 g/mol. The molecule has 3 amide bonds. The molecule has 1 saturated heterocycles. The van der Waals surface area contributed by atoms with Crippen molar-refractivity contribution in [2.75, 3.05) is 4.90 Å². The molecule has 0 aliphatic carbocycles. The van der Waals surface area contributed by atoms with Crippen LogP contribution in [-0.2, 0) is 9.59 Å². The van der Waals surface area contributed by atoms with E-state index in [0.29, 0.717) is 21.3 Å². The zero-order valence-electron chi connectivity index (χ0n) is 13.8. The third kappa shape index (κ3) is 3.72. The summed E-state index contributed by atoms with van der Waals surface area (Å²) in [5.74, 6) is -1.28. The molecular weight excluding hydrogens is 377 g/mol. The van der Waals surface area contributed by atoms with Crippen molar-refractivity contribution in [1.29, 1.82) is 0 Å². The molecule has 1 aliphatic heterocycles. The Morgan fingerprint density at radius 3 is 2.62 bits per heavy atom. The fourth-order valence-corrected chi connectivity index (χ4v) is 2.96. The van der Waals surface area contributed by atoms with Crippen LogP contribution >= 0.6 is 23.2 Å². The van der Waals surface area contributed by atoms with E-state index in [0.717, 1.165) is 10.5 Å². The van der Waals surface area contributed by atoms with Crippen molar-refractivity contribution in [2.45, 2.75) is 19.4 Å². The molecule has 2 aromatic rings. The van der Waals surface area contributed by atoms with Gasteiger partial charge < -0.3 is 0 Å². The van der Waals surface area contributed by atoms with Crippen LogP contribution in [0.15, 0.2) is 42.5 Å². The normalized spacial score (nSPS) is 16.9. The number of carbonyl (C=O) groups is 3. The van der Waals surface area contributed by atoms with Crippen LogP contribution < -0.4 is 15.8 Å². The highest BCUT2D eigenvalue weighted by Gasteiger charge is 2.39. The Balaban J connectivity index is 1.69. The van der Waals surface area contributed by atoms with Gasteiger partial charge >= 0.3 is 0 Å². The summed E-state index contributed by atoms with van der Waals surface area (Å²) in [4.78, 5) is 38.0. The van der Waals surface area contributed by atoms with Crippen LogP contribution in [0.5, 0.6) is 0 Å². The smallest absolute Gasteiger partial charge is 0.265 e. The fraction of sp³-hybridized carbons (Fsp3) is 0.167. The first-order valence-electron chi connectivity index (χ1n) is 7.81. The van der Waals surface area contributed by atoms with Crippen molar-refractivity contribution in [3.05, 3.63) is 63.6 Å². The van der Waals surface area contributed by atoms with Gasteiger partial charge in [-0.05, 0) is 42.8 Å². The number of rotatable bonds is 4. The van der Waals surface area contributed by atoms with Crippen LogP contribution in [0, 0.1) is 6.92 Å². The Kier molecular flexibility index (Phi) is 5.27. The highest BCUT2D eigenvalue weighted by atomic mass is 35.5. The second-order valence-electron chi connectivity index (χ2n) is 5.87. The van der Waals surface area contributed by atoms with Gasteiger partial charge in [-0.2, -0.15) is 0 Å². The first-order valence-corrected chi connectivity index (χ1v) is 8.57. The first-order chi connectivity index (χ1) is 12.4. The highest BCUT2D eigenvalue weighted by Crippen LogP contribution is 2.27. The molecule has 0 radical (unpaired) electrons. The molecule has 6 nitrogen and oxygen atoms in total. The van der Waals surface area contributed by atoms with Crippen molar-refractivity contribution in [3.8, 4) is 0 Å². The number of nitrogens with zero attached hydrogens (tertiary/aromatic N) is 1. The molecule has 1 atom stereocenters. The van der Waals surface area contributed by atoms with Gasteiger partial charge in [0.05, 0.1) is 12.1 Å². The third-order valence-corrected chi connectivity index (χ3v) is 4.65. The number of aryl methyl sites for hydroxylation is 1. The minimum atomic E-state index is -0.856. The largest absolute Gasteiger partial charge is 0.287 e. The number of nitrogens with one attached hydrogen (secondary N) is 2. The molecular formula is C18H15Cl2N3O3. The lowest BCUT2D eigenvalue weighted by Gasteiger charge is -2.16. The maximum atomic E-state index is 12.5. The molecule has 0 spiro atoms. The molecule has 2 N–H and O–H groups in total. The predicted molar refractivity (Wildman–Crippen MR) is 99.1 cm³/mol. The molecule has 1 fully saturated rings. The summed E-state index contributed by atoms with van der Waals surface area (Å²) in [6.45, 7) is 1.83. The van der Waals surface area contributed by atoms with Gasteiger partial charge in [0.2, 0.25) is 5.91 Å². The zero-order chi connectivity index (χ0) is 18.8. The Bertz CT molecular complexity index is 901. The van der Waals surface area contributed by atoms with Crippen LogP contribution in [0.1, 0.15) is 22.3 Å². The van der Waals surface area contributed by atoms with E-state index in [9.17, 15) is 14.4 Å². The molecule has 0 bridgehead atoms. The number of halogens is 2. The average Bonchev–Trinajstić information content (AvgIpc) is 2.89. The number of hydrogen-bond donors (Lipinski definition) is 2. The summed E-state index contributed by atoms with van der Waals surface area (Å²) in [5.41, 5.74) is 6.64. The van der Waals surface area contributed by atoms with E-state index < -0.39 is 17.9 Å². The number of anilines is 1. The van der Waals surface area contributed by atoms with E-state index in [4.69, 9.17) is 23.2 Å². The first kappa shape index (κ1) is 18.4. The van der Waals surface area contributed by atoms with Crippen LogP contribution in [0.25, 0.3) is 0 Å². The number of amides is 3. The van der Waals surface area contributed by atoms with Crippen LogP contribution in [0.3, 0.4) is 0 Å². The molecule has 0 unspecified atom stereocenters. The molecule has 0 aromatic heterocycles. The number of carbonyl (C=O) groups excluding carboxylic acids is 3. The van der Waals surface area contributed by atoms with Crippen molar-refractivity contribution >= 4 is 46.6 Å². The summed E-state index contributed by atoms with van der Waals surface area (Å²) in [7, 11) is 0. The minimum Gasteiger partial charge on any atom is -0.287 e. The minimum absolute atomic E-state index is 0.0693. The van der Waals surface area contributed by atoms with E-state index in [1.807, 2.05) is 6.92 Å². The number of hydrogen-bond acceptors (Lipinski definition) is 4. The van der Waals surface area contributed by atoms with E-state index in [-0.39, 0.29) is 12.3 Å². The van der Waals surface area contributed by atoms with Crippen LogP contribution in [-0.4, -0.2) is 23.8 Å². The van der Waals surface area contributed by atoms with Gasteiger partial charge in [-0.15, -0.1) is 0 Å². The molecule has 8 heteroatoms. The lowest BCUT2D eigenvalue weighted by Crippen LogP contribution is -2.48. The Morgan fingerprint density at radius 2 is 1.92 bits per heavy atom. The summed E-state index contributed by atoms with van der Waals surface area (Å²) >= 11 is 11.9. The van der Waals surface area contributed by atoms with Gasteiger partial charge in [0.25, 0.3) is 11.8 Å². The van der Waals surface area contributed by atoms with Gasteiger partial charge in [-0.3, -0.25) is 19.8 Å². The summed E-state index contributed by atoms with van der Waals surface area (Å²) in [6, 6.07) is 10.5. The van der Waals surface area contributed by atoms with Gasteiger partial charge in [0, 0.05) is 15.6 Å². The van der Waals surface area contributed by atoms with Crippen LogP contribution in [0.4, 0.5) is 5.69 Å². The van der Waals surface area contributed by atoms with Gasteiger partial charge in [0.1, 0.15) is 6.04 Å². The van der Waals surface area contributed by atoms with Crippen LogP contribution in [0.2, 0.25) is 10.0 Å². The lowest BCUT2D eigenvalue weighted by molar-refractivity contribution is -0.121. The molecule has 0 saturated carbocycles. The van der Waals surface area contributed by atoms with Crippen molar-refractivity contribution in [3.63, 3.8) is 0 Å². The predicted octanol–water partition coefficient (Wildman–Crippen LogP) is 2.87. The average molecular weight is 392 g/mol. The van der Waals surface area contributed by atoms with Crippen molar-refractivity contribution in [2.24, 2.45) is 0 Å². The highest BCUT2D eigenvalue weighted by molar-refractivity contribution is 6.32. The van der Waals surface area contributed by atoms with E-state index in [1.54, 1.807) is 36.4 Å². The van der Waals surface area contributed by atoms with E-state index >= 15 is 0 Å². The standard InChI is InChI=1S/C18H15Cl2N3O3/c1-10-5-6-13(8-14(10)20)23-16(24)9-15(18(23)26)21-22-17(25)11-3-2-4-12(19)7-11/h2-8,15,21H,9H2,1H3,(H,22,25)/t15-/m1/s1. The number of imide groups is 1. The van der Waals surface area contributed by atoms with Crippen molar-refractivity contribution in [1.82, 2.24) is 10.9 Å². The fourth-order valence-electron chi connectivity index (χ4n) is 2.59. The maximum absolute atomic E-state index is 12.5. The summed E-state index contributed by atoms with van der Waals surface area (Å²) in [6.07, 6.45) is -0.0693. The molecule has 1 heterocycles. The van der Waals surface area contributed by atoms with Crippen molar-refractivity contribution < 1.29 is 14.4 Å². The molecule has 1 aliphatic rings. The Labute approximate surface area is 160 Å². The summed E-state index contributed by atoms with van der Waals surface area (Å²) < 4.78 is 0. The number of hydrazine groups is 1. The third-order valence-electron chi connectivity index (χ3n) is 4.01. The molecule has 3 rings (SSSR count). The van der Waals surface area contributed by atoms with Gasteiger partial charge in [-0.1, -0.05) is 35.3 Å². The maximum Gasteiger partial charge on any atom is 0.265 e. The number of benzene rings is 2. The van der Waals surface area contributed by atoms with E-state index in [1.165, 1.54) is 6.07 Å². The van der Waals surface area contributed by atoms with Gasteiger partial charge in [-0.25, -0.2) is 10.3 Å². The molecule has 134 valence electrons. The van der Waals surface area contributed by atoms with E-state index in [2.05, 4.69) is 10.9 Å². The zero-order valence-corrected chi connectivity index (χ0v) is 15.3. The second-order valence-corrected chi connectivity index (χ2v) is 6.71. The molecule has 26 heavy (non-hydrogen) atoms. The molecule has 2 aromatic carbocycles. The van der Waals surface area contributed by atoms with Gasteiger partial charge in [0.15, 0.2) is 0 Å².